The minimum Gasteiger partial charge on any atom is -0.489 e. The first-order valence-electron chi connectivity index (χ1n) is 6.90. The Morgan fingerprint density at radius 1 is 0.870 bits per heavy atom. The summed E-state index contributed by atoms with van der Waals surface area (Å²) in [7, 11) is 0. The Hall–Kier alpha value is -1.76. The zero-order valence-electron chi connectivity index (χ0n) is 11.9. The van der Waals surface area contributed by atoms with Crippen molar-refractivity contribution in [2.45, 2.75) is 12.8 Å². The summed E-state index contributed by atoms with van der Waals surface area (Å²) < 4.78 is 44.5. The lowest BCUT2D eigenvalue weighted by atomic mass is 10.1. The van der Waals surface area contributed by atoms with Crippen LogP contribution in [0.1, 0.15) is 11.1 Å². The molecule has 118 valence electrons. The lowest BCUT2D eigenvalue weighted by Gasteiger charge is -2.12. The summed E-state index contributed by atoms with van der Waals surface area (Å²) in [5.74, 6) is 0.220. The van der Waals surface area contributed by atoms with Crippen LogP contribution in [-0.4, -0.2) is 0 Å². The summed E-state index contributed by atoms with van der Waals surface area (Å²) in [6.45, 7) is 0.224. The summed E-state index contributed by atoms with van der Waals surface area (Å²) in [5, 5.41) is 2.19. The molecular formula is C18H12F3IO. The monoisotopic (exact) mass is 428 g/mol. The van der Waals surface area contributed by atoms with E-state index < -0.39 is 11.7 Å². The molecule has 0 aromatic heterocycles. The molecule has 0 aliphatic heterocycles. The second kappa shape index (κ2) is 6.39. The number of ether oxygens (including phenoxy) is 1. The van der Waals surface area contributed by atoms with E-state index >= 15 is 0 Å². The van der Waals surface area contributed by atoms with Crippen LogP contribution in [-0.2, 0) is 12.8 Å². The molecule has 0 amide bonds. The van der Waals surface area contributed by atoms with Gasteiger partial charge in [0.05, 0.1) is 5.56 Å². The van der Waals surface area contributed by atoms with Gasteiger partial charge in [-0.25, -0.2) is 0 Å². The smallest absolute Gasteiger partial charge is 0.416 e. The van der Waals surface area contributed by atoms with Gasteiger partial charge in [0.15, 0.2) is 0 Å². The average molecular weight is 428 g/mol. The number of alkyl halides is 3. The second-order valence-electron chi connectivity index (χ2n) is 5.14. The minimum absolute atomic E-state index is 0.220. The Kier molecular flexibility index (Phi) is 4.48. The summed E-state index contributed by atoms with van der Waals surface area (Å²) in [4.78, 5) is 0. The molecule has 3 aromatic rings. The van der Waals surface area contributed by atoms with E-state index in [1.54, 1.807) is 6.07 Å². The van der Waals surface area contributed by atoms with E-state index in [0.29, 0.717) is 3.57 Å². The predicted octanol–water partition coefficient (Wildman–Crippen LogP) is 6.04. The molecule has 0 heterocycles. The highest BCUT2D eigenvalue weighted by Gasteiger charge is 2.31. The first-order chi connectivity index (χ1) is 10.9. The zero-order chi connectivity index (χ0) is 16.4. The molecule has 0 fully saturated rings. The van der Waals surface area contributed by atoms with E-state index in [9.17, 15) is 13.2 Å². The van der Waals surface area contributed by atoms with Crippen molar-refractivity contribution < 1.29 is 17.9 Å². The van der Waals surface area contributed by atoms with Gasteiger partial charge in [0.25, 0.3) is 0 Å². The molecule has 0 radical (unpaired) electrons. The first kappa shape index (κ1) is 16.1. The van der Waals surface area contributed by atoms with Crippen LogP contribution < -0.4 is 4.74 Å². The molecule has 23 heavy (non-hydrogen) atoms. The fourth-order valence-corrected chi connectivity index (χ4v) is 2.95. The summed E-state index contributed by atoms with van der Waals surface area (Å²) in [6, 6.07) is 17.5. The van der Waals surface area contributed by atoms with E-state index in [1.165, 1.54) is 0 Å². The maximum atomic E-state index is 12.8. The van der Waals surface area contributed by atoms with Crippen LogP contribution >= 0.6 is 22.6 Å². The van der Waals surface area contributed by atoms with Crippen molar-refractivity contribution in [1.29, 1.82) is 0 Å². The van der Waals surface area contributed by atoms with Gasteiger partial charge < -0.3 is 4.74 Å². The first-order valence-corrected chi connectivity index (χ1v) is 7.98. The van der Waals surface area contributed by atoms with Gasteiger partial charge in [-0.1, -0.05) is 36.4 Å². The highest BCUT2D eigenvalue weighted by atomic mass is 127. The molecule has 3 rings (SSSR count). The topological polar surface area (TPSA) is 9.23 Å². The van der Waals surface area contributed by atoms with Crippen LogP contribution in [0, 0.1) is 3.57 Å². The molecule has 0 saturated carbocycles. The fraction of sp³-hybridized carbons (Fsp3) is 0.111. The van der Waals surface area contributed by atoms with Crippen LogP contribution in [0.15, 0.2) is 60.7 Å². The molecule has 0 atom stereocenters. The molecule has 1 nitrogen and oxygen atoms in total. The fourth-order valence-electron chi connectivity index (χ4n) is 2.30. The Balaban J connectivity index is 1.80. The predicted molar refractivity (Wildman–Crippen MR) is 92.4 cm³/mol. The van der Waals surface area contributed by atoms with Crippen molar-refractivity contribution >= 4 is 33.4 Å². The Morgan fingerprint density at radius 2 is 1.61 bits per heavy atom. The van der Waals surface area contributed by atoms with Gasteiger partial charge in [-0.2, -0.15) is 13.2 Å². The van der Waals surface area contributed by atoms with Gasteiger partial charge in [0.2, 0.25) is 0 Å². The summed E-state index contributed by atoms with van der Waals surface area (Å²) in [6.07, 6.45) is -4.37. The number of hydrogen-bond donors (Lipinski definition) is 0. The average Bonchev–Trinajstić information content (AvgIpc) is 2.51. The molecule has 0 saturated heterocycles. The highest BCUT2D eigenvalue weighted by molar-refractivity contribution is 14.1. The largest absolute Gasteiger partial charge is 0.489 e. The van der Waals surface area contributed by atoms with Crippen molar-refractivity contribution in [3.8, 4) is 5.75 Å². The van der Waals surface area contributed by atoms with E-state index in [1.807, 2.05) is 65.1 Å². The van der Waals surface area contributed by atoms with Gasteiger partial charge in [-0.15, -0.1) is 0 Å². The van der Waals surface area contributed by atoms with Crippen molar-refractivity contribution in [2.75, 3.05) is 0 Å². The summed E-state index contributed by atoms with van der Waals surface area (Å²) in [5.41, 5.74) is 0.217. The van der Waals surface area contributed by atoms with Crippen LogP contribution in [0.3, 0.4) is 0 Å². The lowest BCUT2D eigenvalue weighted by molar-refractivity contribution is -0.137. The van der Waals surface area contributed by atoms with Crippen LogP contribution in [0.5, 0.6) is 5.75 Å². The molecule has 0 unspecified atom stereocenters. The summed E-state index contributed by atoms with van der Waals surface area (Å²) >= 11 is 1.86. The number of rotatable bonds is 3. The molecule has 0 aliphatic rings. The van der Waals surface area contributed by atoms with E-state index in [2.05, 4.69) is 0 Å². The van der Waals surface area contributed by atoms with Crippen molar-refractivity contribution in [3.05, 3.63) is 75.4 Å². The normalized spacial score (nSPS) is 11.7. The molecule has 5 heteroatoms. The quantitative estimate of drug-likeness (QED) is 0.462. The van der Waals surface area contributed by atoms with Crippen molar-refractivity contribution in [1.82, 2.24) is 0 Å². The Morgan fingerprint density at radius 3 is 2.35 bits per heavy atom. The van der Waals surface area contributed by atoms with Crippen molar-refractivity contribution in [2.24, 2.45) is 0 Å². The van der Waals surface area contributed by atoms with Gasteiger partial charge in [-0.3, -0.25) is 0 Å². The molecule has 0 bridgehead atoms. The van der Waals surface area contributed by atoms with Gasteiger partial charge in [0, 0.05) is 3.57 Å². The van der Waals surface area contributed by atoms with E-state index in [0.717, 1.165) is 28.5 Å². The van der Waals surface area contributed by atoms with Crippen molar-refractivity contribution in [3.63, 3.8) is 0 Å². The Bertz CT molecular complexity index is 843. The van der Waals surface area contributed by atoms with Crippen LogP contribution in [0.25, 0.3) is 10.8 Å². The molecule has 0 spiro atoms. The number of fused-ring (bicyclic) bond motifs is 1. The third kappa shape index (κ3) is 3.96. The number of hydrogen-bond acceptors (Lipinski definition) is 1. The maximum Gasteiger partial charge on any atom is 0.416 e. The van der Waals surface area contributed by atoms with Gasteiger partial charge >= 0.3 is 6.18 Å². The van der Waals surface area contributed by atoms with Crippen LogP contribution in [0.2, 0.25) is 0 Å². The number of benzene rings is 3. The highest BCUT2D eigenvalue weighted by Crippen LogP contribution is 2.33. The Labute approximate surface area is 145 Å². The standard InChI is InChI=1S/C18H12F3IO/c19-18(20,21)15-8-16(22)10-17(9-15)23-11-12-5-6-13-3-1-2-4-14(13)7-12/h1-10H,11H2. The zero-order valence-corrected chi connectivity index (χ0v) is 14.1. The maximum absolute atomic E-state index is 12.8. The minimum atomic E-state index is -4.37. The van der Waals surface area contributed by atoms with E-state index in [4.69, 9.17) is 4.74 Å². The SMILES string of the molecule is FC(F)(F)c1cc(I)cc(OCc2ccc3ccccc3c2)c1. The van der Waals surface area contributed by atoms with Gasteiger partial charge in [-0.05, 0) is 63.2 Å². The molecule has 0 aliphatic carbocycles. The van der Waals surface area contributed by atoms with E-state index in [-0.39, 0.29) is 12.4 Å². The second-order valence-corrected chi connectivity index (χ2v) is 6.39. The third-order valence-corrected chi connectivity index (χ3v) is 4.04. The van der Waals surface area contributed by atoms with Crippen LogP contribution in [0.4, 0.5) is 13.2 Å². The lowest BCUT2D eigenvalue weighted by Crippen LogP contribution is -2.06. The van der Waals surface area contributed by atoms with Gasteiger partial charge in [0.1, 0.15) is 12.4 Å². The molecule has 0 N–H and O–H groups in total. The third-order valence-electron chi connectivity index (χ3n) is 3.42. The molecular weight excluding hydrogens is 416 g/mol. The number of halogens is 4. The molecule has 3 aromatic carbocycles.